The molecule has 1 aromatic heterocycles. The Morgan fingerprint density at radius 1 is 1.29 bits per heavy atom. The van der Waals surface area contributed by atoms with Gasteiger partial charge in [-0.15, -0.1) is 0 Å². The van der Waals surface area contributed by atoms with Crippen LogP contribution >= 0.6 is 15.9 Å². The highest BCUT2D eigenvalue weighted by Crippen LogP contribution is 2.27. The topological polar surface area (TPSA) is 32.3 Å². The molecule has 118 valence electrons. The lowest BCUT2D eigenvalue weighted by Gasteiger charge is -2.32. The first-order chi connectivity index (χ1) is 9.81. The van der Waals surface area contributed by atoms with Crippen LogP contribution < -0.4 is 4.90 Å². The average Bonchev–Trinajstić information content (AvgIpc) is 2.58. The van der Waals surface area contributed by atoms with Crippen LogP contribution in [0.25, 0.3) is 0 Å². The minimum absolute atomic E-state index is 0.0388. The lowest BCUT2D eigenvalue weighted by atomic mass is 9.96. The first-order valence-electron chi connectivity index (χ1n) is 7.81. The van der Waals surface area contributed by atoms with Crippen LogP contribution in [0.15, 0.2) is 10.7 Å². The van der Waals surface area contributed by atoms with Gasteiger partial charge in [-0.3, -0.25) is 0 Å². The van der Waals surface area contributed by atoms with E-state index in [9.17, 15) is 0 Å². The summed E-state index contributed by atoms with van der Waals surface area (Å²) >= 11 is 3.56. The average molecular weight is 355 g/mol. The van der Waals surface area contributed by atoms with Crippen molar-refractivity contribution in [3.63, 3.8) is 0 Å². The maximum atomic E-state index is 4.86. The first kappa shape index (κ1) is 16.7. The van der Waals surface area contributed by atoms with Crippen LogP contribution in [0.4, 0.5) is 5.82 Å². The molecule has 1 unspecified atom stereocenters. The smallest absolute Gasteiger partial charge is 0.137 e. The van der Waals surface area contributed by atoms with Gasteiger partial charge in [0.05, 0.1) is 0 Å². The Hall–Kier alpha value is -0.680. The lowest BCUT2D eigenvalue weighted by molar-refractivity contribution is 0.327. The Kier molecular flexibility index (Phi) is 5.25. The van der Waals surface area contributed by atoms with Crippen molar-refractivity contribution in [3.8, 4) is 0 Å². The van der Waals surface area contributed by atoms with E-state index >= 15 is 0 Å². The molecule has 1 fully saturated rings. The Morgan fingerprint density at radius 3 is 2.62 bits per heavy atom. The maximum Gasteiger partial charge on any atom is 0.137 e. The van der Waals surface area contributed by atoms with E-state index in [1.807, 2.05) is 0 Å². The molecule has 4 nitrogen and oxygen atoms in total. The molecule has 1 aliphatic heterocycles. The summed E-state index contributed by atoms with van der Waals surface area (Å²) in [5.41, 5.74) is -0.0388. The van der Waals surface area contributed by atoms with Gasteiger partial charge >= 0.3 is 0 Å². The highest BCUT2D eigenvalue weighted by atomic mass is 79.9. The Balaban J connectivity index is 2.37. The third-order valence-corrected chi connectivity index (χ3v) is 4.43. The molecule has 0 aliphatic carbocycles. The molecule has 0 amide bonds. The van der Waals surface area contributed by atoms with Crippen LogP contribution in [0.3, 0.4) is 0 Å². The summed E-state index contributed by atoms with van der Waals surface area (Å²) in [6.07, 6.45) is 2.32. The zero-order chi connectivity index (χ0) is 15.6. The summed E-state index contributed by atoms with van der Waals surface area (Å²) in [5, 5.41) is 0. The molecule has 0 bridgehead atoms. The minimum Gasteiger partial charge on any atom is -0.352 e. The molecule has 21 heavy (non-hydrogen) atoms. The van der Waals surface area contributed by atoms with Gasteiger partial charge in [-0.2, -0.15) is 0 Å². The Bertz CT molecular complexity index is 484. The van der Waals surface area contributed by atoms with Crippen LogP contribution in [-0.2, 0) is 5.41 Å². The molecule has 2 rings (SSSR count). The van der Waals surface area contributed by atoms with Gasteiger partial charge in [0, 0.05) is 30.6 Å². The van der Waals surface area contributed by atoms with Crippen LogP contribution in [-0.4, -0.2) is 47.6 Å². The lowest BCUT2D eigenvalue weighted by Crippen LogP contribution is -2.40. The largest absolute Gasteiger partial charge is 0.352 e. The number of likely N-dealkylation sites (N-methyl/N-ethyl adjacent to an activating group) is 1. The number of rotatable bonds is 2. The highest BCUT2D eigenvalue weighted by molar-refractivity contribution is 9.10. The van der Waals surface area contributed by atoms with E-state index < -0.39 is 0 Å². The van der Waals surface area contributed by atoms with Gasteiger partial charge in [-0.25, -0.2) is 9.97 Å². The van der Waals surface area contributed by atoms with Crippen LogP contribution in [0, 0.1) is 0 Å². The van der Waals surface area contributed by atoms with Crippen molar-refractivity contribution in [2.75, 3.05) is 31.6 Å². The third kappa shape index (κ3) is 4.16. The molecule has 5 heteroatoms. The summed E-state index contributed by atoms with van der Waals surface area (Å²) in [6.45, 7) is 12.1. The summed E-state index contributed by atoms with van der Waals surface area (Å²) in [7, 11) is 2.21. The Labute approximate surface area is 137 Å². The number of nitrogens with zero attached hydrogens (tertiary/aromatic N) is 4. The quantitative estimate of drug-likeness (QED) is 0.761. The molecule has 0 saturated carbocycles. The van der Waals surface area contributed by atoms with Crippen molar-refractivity contribution in [1.82, 2.24) is 14.9 Å². The molecular formula is C16H27BrN4. The van der Waals surface area contributed by atoms with Crippen LogP contribution in [0.5, 0.6) is 0 Å². The number of halogens is 1. The number of aromatic nitrogens is 2. The van der Waals surface area contributed by atoms with E-state index in [4.69, 9.17) is 4.98 Å². The van der Waals surface area contributed by atoms with E-state index in [1.54, 1.807) is 0 Å². The van der Waals surface area contributed by atoms with Crippen LogP contribution in [0.1, 0.15) is 46.4 Å². The van der Waals surface area contributed by atoms with E-state index in [0.29, 0.717) is 6.04 Å². The highest BCUT2D eigenvalue weighted by Gasteiger charge is 2.26. The SMILES string of the molecule is CCC1CN(C)CCCN1c1cc(Br)nc(C(C)(C)C)n1. The maximum absolute atomic E-state index is 4.86. The molecular weight excluding hydrogens is 328 g/mol. The van der Waals surface area contributed by atoms with Gasteiger partial charge < -0.3 is 9.80 Å². The Morgan fingerprint density at radius 2 is 2.00 bits per heavy atom. The second-order valence-electron chi connectivity index (χ2n) is 6.99. The van der Waals surface area contributed by atoms with Gasteiger partial charge in [-0.1, -0.05) is 27.7 Å². The summed E-state index contributed by atoms with van der Waals surface area (Å²) in [6, 6.07) is 2.58. The fourth-order valence-corrected chi connectivity index (χ4v) is 3.16. The minimum atomic E-state index is -0.0388. The van der Waals surface area contributed by atoms with Crippen LogP contribution in [0.2, 0.25) is 0 Å². The first-order valence-corrected chi connectivity index (χ1v) is 8.61. The van der Waals surface area contributed by atoms with Crippen molar-refractivity contribution in [3.05, 3.63) is 16.5 Å². The standard InChI is InChI=1S/C16H27BrN4/c1-6-12-11-20(5)8-7-9-21(12)14-10-13(17)18-15(19-14)16(2,3)4/h10,12H,6-9,11H2,1-5H3. The normalized spacial score (nSPS) is 21.4. The molecule has 1 aromatic rings. The number of hydrogen-bond donors (Lipinski definition) is 0. The molecule has 0 spiro atoms. The molecule has 1 aliphatic rings. The van der Waals surface area contributed by atoms with Crippen molar-refractivity contribution in [2.24, 2.45) is 0 Å². The predicted octanol–water partition coefficient (Wildman–Crippen LogP) is 3.46. The van der Waals surface area contributed by atoms with Crippen molar-refractivity contribution < 1.29 is 0 Å². The van der Waals surface area contributed by atoms with Gasteiger partial charge in [0.25, 0.3) is 0 Å². The molecule has 0 aromatic carbocycles. The summed E-state index contributed by atoms with van der Waals surface area (Å²) in [5.74, 6) is 1.96. The molecule has 2 heterocycles. The van der Waals surface area contributed by atoms with Gasteiger partial charge in [0.2, 0.25) is 0 Å². The number of anilines is 1. The molecule has 1 atom stereocenters. The zero-order valence-electron chi connectivity index (χ0n) is 13.9. The molecule has 0 radical (unpaired) electrons. The van der Waals surface area contributed by atoms with Gasteiger partial charge in [0.15, 0.2) is 0 Å². The monoisotopic (exact) mass is 354 g/mol. The van der Waals surface area contributed by atoms with E-state index in [2.05, 4.69) is 71.5 Å². The van der Waals surface area contributed by atoms with Gasteiger partial charge in [0.1, 0.15) is 16.2 Å². The summed E-state index contributed by atoms with van der Waals surface area (Å²) < 4.78 is 0.880. The second-order valence-corrected chi connectivity index (χ2v) is 7.81. The van der Waals surface area contributed by atoms with Crippen molar-refractivity contribution in [1.29, 1.82) is 0 Å². The van der Waals surface area contributed by atoms with Gasteiger partial charge in [-0.05, 0) is 42.4 Å². The zero-order valence-corrected chi connectivity index (χ0v) is 15.4. The van der Waals surface area contributed by atoms with E-state index in [1.165, 1.54) is 6.42 Å². The second kappa shape index (κ2) is 6.61. The van der Waals surface area contributed by atoms with E-state index in [-0.39, 0.29) is 5.41 Å². The number of hydrogen-bond acceptors (Lipinski definition) is 4. The molecule has 0 N–H and O–H groups in total. The molecule has 1 saturated heterocycles. The fourth-order valence-electron chi connectivity index (χ4n) is 2.78. The van der Waals surface area contributed by atoms with Crippen molar-refractivity contribution >= 4 is 21.7 Å². The van der Waals surface area contributed by atoms with Crippen molar-refractivity contribution in [2.45, 2.75) is 52.0 Å². The third-order valence-electron chi connectivity index (χ3n) is 4.02. The predicted molar refractivity (Wildman–Crippen MR) is 92.0 cm³/mol. The summed E-state index contributed by atoms with van der Waals surface area (Å²) in [4.78, 5) is 14.3. The fraction of sp³-hybridized carbons (Fsp3) is 0.750. The van der Waals surface area contributed by atoms with E-state index in [0.717, 1.165) is 42.3 Å².